The second-order valence-electron chi connectivity index (χ2n) is 6.98. The molecule has 8 heteroatoms. The summed E-state index contributed by atoms with van der Waals surface area (Å²) in [5.74, 6) is -0.593. The van der Waals surface area contributed by atoms with Crippen LogP contribution in [0.25, 0.3) is 0 Å². The third-order valence-electron chi connectivity index (χ3n) is 4.94. The van der Waals surface area contributed by atoms with E-state index in [1.807, 2.05) is 0 Å². The lowest BCUT2D eigenvalue weighted by Gasteiger charge is -2.34. The van der Waals surface area contributed by atoms with E-state index in [0.29, 0.717) is 28.6 Å². The molecule has 0 radical (unpaired) electrons. The van der Waals surface area contributed by atoms with E-state index in [2.05, 4.69) is 16.7 Å². The zero-order valence-electron chi connectivity index (χ0n) is 15.5. The molecule has 1 aliphatic rings. The predicted molar refractivity (Wildman–Crippen MR) is 107 cm³/mol. The first-order valence-electron chi connectivity index (χ1n) is 8.95. The number of nitriles is 1. The van der Waals surface area contributed by atoms with Gasteiger partial charge in [-0.15, -0.1) is 0 Å². The van der Waals surface area contributed by atoms with E-state index < -0.39 is 11.6 Å². The van der Waals surface area contributed by atoms with Crippen molar-refractivity contribution >= 4 is 40.7 Å². The van der Waals surface area contributed by atoms with Gasteiger partial charge in [0.2, 0.25) is 11.8 Å². The van der Waals surface area contributed by atoms with Gasteiger partial charge in [0.05, 0.1) is 34.4 Å². The summed E-state index contributed by atoms with van der Waals surface area (Å²) in [4.78, 5) is 26.5. The highest BCUT2D eigenvalue weighted by Crippen LogP contribution is 2.30. The Bertz CT molecular complexity index is 721. The van der Waals surface area contributed by atoms with Crippen LogP contribution in [0.1, 0.15) is 39.0 Å². The second kappa shape index (κ2) is 9.41. The molecule has 0 bridgehead atoms. The summed E-state index contributed by atoms with van der Waals surface area (Å²) < 4.78 is 0. The number of benzene rings is 1. The molecule has 1 fully saturated rings. The highest BCUT2D eigenvalue weighted by atomic mass is 35.5. The number of amides is 2. The smallest absolute Gasteiger partial charge is 0.238 e. The molecule has 0 aromatic heterocycles. The summed E-state index contributed by atoms with van der Waals surface area (Å²) >= 11 is 12.1. The lowest BCUT2D eigenvalue weighted by atomic mass is 9.82. The van der Waals surface area contributed by atoms with Gasteiger partial charge in [0, 0.05) is 0 Å². The van der Waals surface area contributed by atoms with Crippen LogP contribution in [0.15, 0.2) is 18.2 Å². The molecule has 2 amide bonds. The molecular weight excluding hydrogens is 387 g/mol. The van der Waals surface area contributed by atoms with Gasteiger partial charge in [-0.1, -0.05) is 48.5 Å². The number of hydrogen-bond donors (Lipinski definition) is 2. The minimum atomic E-state index is -0.794. The van der Waals surface area contributed by atoms with Crippen molar-refractivity contribution < 1.29 is 9.59 Å². The van der Waals surface area contributed by atoms with Crippen molar-refractivity contribution in [3.63, 3.8) is 0 Å². The van der Waals surface area contributed by atoms with Crippen LogP contribution >= 0.6 is 23.2 Å². The van der Waals surface area contributed by atoms with Crippen LogP contribution < -0.4 is 10.6 Å². The van der Waals surface area contributed by atoms with Gasteiger partial charge in [-0.05, 0) is 38.9 Å². The monoisotopic (exact) mass is 410 g/mol. The summed E-state index contributed by atoms with van der Waals surface area (Å²) in [6, 6.07) is 6.66. The molecule has 1 aromatic rings. The molecule has 6 nitrogen and oxygen atoms in total. The van der Waals surface area contributed by atoms with Gasteiger partial charge in [-0.25, -0.2) is 0 Å². The van der Waals surface area contributed by atoms with E-state index in [1.165, 1.54) is 0 Å². The van der Waals surface area contributed by atoms with Crippen molar-refractivity contribution in [1.82, 2.24) is 10.2 Å². The fraction of sp³-hybridized carbons (Fsp3) is 0.526. The predicted octanol–water partition coefficient (Wildman–Crippen LogP) is 3.59. The van der Waals surface area contributed by atoms with E-state index >= 15 is 0 Å². The van der Waals surface area contributed by atoms with Crippen molar-refractivity contribution in [2.45, 2.75) is 50.6 Å². The van der Waals surface area contributed by atoms with Crippen LogP contribution in [-0.4, -0.2) is 41.9 Å². The molecule has 2 N–H and O–H groups in total. The Morgan fingerprint density at radius 3 is 2.41 bits per heavy atom. The number of rotatable bonds is 6. The van der Waals surface area contributed by atoms with Gasteiger partial charge in [0.25, 0.3) is 0 Å². The number of nitrogens with one attached hydrogen (secondary N) is 2. The standard InChI is InChI=1S/C19H24Cl2N4O2/c1-13(18(27)24-19(12-22)9-4-3-5-10-19)25(2)11-16(26)23-17-14(20)7-6-8-15(17)21/h6-8,13H,3-5,9-11H2,1-2H3,(H,23,26)(H,24,27). The zero-order chi connectivity index (χ0) is 20.0. The van der Waals surface area contributed by atoms with Gasteiger partial charge < -0.3 is 10.6 Å². The zero-order valence-corrected chi connectivity index (χ0v) is 17.0. The van der Waals surface area contributed by atoms with Crippen LogP contribution in [0.2, 0.25) is 10.0 Å². The van der Waals surface area contributed by atoms with Crippen LogP contribution in [-0.2, 0) is 9.59 Å². The van der Waals surface area contributed by atoms with Gasteiger partial charge >= 0.3 is 0 Å². The van der Waals surface area contributed by atoms with Gasteiger partial charge in [0.1, 0.15) is 5.54 Å². The lowest BCUT2D eigenvalue weighted by molar-refractivity contribution is -0.128. The number of carbonyl (C=O) groups excluding carboxylic acids is 2. The average Bonchev–Trinajstić information content (AvgIpc) is 2.64. The largest absolute Gasteiger partial charge is 0.336 e. The van der Waals surface area contributed by atoms with Crippen molar-refractivity contribution in [2.75, 3.05) is 18.9 Å². The summed E-state index contributed by atoms with van der Waals surface area (Å²) in [6.45, 7) is 1.69. The lowest BCUT2D eigenvalue weighted by Crippen LogP contribution is -2.55. The quantitative estimate of drug-likeness (QED) is 0.749. The van der Waals surface area contributed by atoms with Crippen molar-refractivity contribution in [3.05, 3.63) is 28.2 Å². The normalized spacial score (nSPS) is 17.0. The molecule has 0 aliphatic heterocycles. The molecule has 1 aliphatic carbocycles. The number of halogens is 2. The molecule has 0 heterocycles. The number of carbonyl (C=O) groups is 2. The van der Waals surface area contributed by atoms with Gasteiger partial charge in [-0.2, -0.15) is 5.26 Å². The van der Waals surface area contributed by atoms with Gasteiger partial charge in [-0.3, -0.25) is 14.5 Å². The Morgan fingerprint density at radius 1 is 1.26 bits per heavy atom. The minimum Gasteiger partial charge on any atom is -0.336 e. The molecule has 27 heavy (non-hydrogen) atoms. The highest BCUT2D eigenvalue weighted by Gasteiger charge is 2.35. The molecule has 1 unspecified atom stereocenters. The van der Waals surface area contributed by atoms with E-state index in [0.717, 1.165) is 19.3 Å². The molecule has 0 spiro atoms. The van der Waals surface area contributed by atoms with E-state index in [9.17, 15) is 14.9 Å². The summed E-state index contributed by atoms with van der Waals surface area (Å²) in [7, 11) is 1.68. The summed E-state index contributed by atoms with van der Waals surface area (Å²) in [5, 5.41) is 15.8. The molecule has 0 saturated heterocycles. The maximum atomic E-state index is 12.6. The Kier molecular flexibility index (Phi) is 7.49. The summed E-state index contributed by atoms with van der Waals surface area (Å²) in [6.07, 6.45) is 4.27. The molecular formula is C19H24Cl2N4O2. The van der Waals surface area contributed by atoms with Crippen molar-refractivity contribution in [3.8, 4) is 6.07 Å². The number of hydrogen-bond acceptors (Lipinski definition) is 4. The van der Waals surface area contributed by atoms with Crippen molar-refractivity contribution in [1.29, 1.82) is 5.26 Å². The third-order valence-corrected chi connectivity index (χ3v) is 5.57. The van der Waals surface area contributed by atoms with Gasteiger partial charge in [0.15, 0.2) is 0 Å². The number of para-hydroxylation sites is 1. The second-order valence-corrected chi connectivity index (χ2v) is 7.79. The minimum absolute atomic E-state index is 0.0182. The van der Waals surface area contributed by atoms with Crippen LogP contribution in [0.4, 0.5) is 5.69 Å². The molecule has 1 aromatic carbocycles. The Labute approximate surface area is 169 Å². The number of anilines is 1. The molecule has 146 valence electrons. The van der Waals surface area contributed by atoms with Crippen LogP contribution in [0.3, 0.4) is 0 Å². The Balaban J connectivity index is 1.94. The molecule has 2 rings (SSSR count). The third kappa shape index (κ3) is 5.58. The first-order valence-corrected chi connectivity index (χ1v) is 9.71. The van der Waals surface area contributed by atoms with E-state index in [1.54, 1.807) is 37.1 Å². The molecule has 1 atom stereocenters. The fourth-order valence-electron chi connectivity index (χ4n) is 3.12. The Morgan fingerprint density at radius 2 is 1.85 bits per heavy atom. The topological polar surface area (TPSA) is 85.2 Å². The summed E-state index contributed by atoms with van der Waals surface area (Å²) in [5.41, 5.74) is -0.445. The van der Waals surface area contributed by atoms with Crippen molar-refractivity contribution in [2.24, 2.45) is 0 Å². The first kappa shape index (κ1) is 21.5. The van der Waals surface area contributed by atoms with Crippen LogP contribution in [0, 0.1) is 11.3 Å². The maximum absolute atomic E-state index is 12.6. The fourth-order valence-corrected chi connectivity index (χ4v) is 3.61. The highest BCUT2D eigenvalue weighted by molar-refractivity contribution is 6.39. The SMILES string of the molecule is CC(C(=O)NC1(C#N)CCCCC1)N(C)CC(=O)Nc1c(Cl)cccc1Cl. The molecule has 1 saturated carbocycles. The van der Waals surface area contributed by atoms with Crippen LogP contribution in [0.5, 0.6) is 0 Å². The maximum Gasteiger partial charge on any atom is 0.238 e. The first-order chi connectivity index (χ1) is 12.8. The average molecular weight is 411 g/mol. The van der Waals surface area contributed by atoms with E-state index in [-0.39, 0.29) is 18.4 Å². The Hall–Kier alpha value is -1.81. The number of likely N-dealkylation sites (N-methyl/N-ethyl adjacent to an activating group) is 1. The number of nitrogens with zero attached hydrogens (tertiary/aromatic N) is 2. The van der Waals surface area contributed by atoms with E-state index in [4.69, 9.17) is 23.2 Å².